The normalized spacial score (nSPS) is 14.2. The molecule has 0 spiro atoms. The minimum atomic E-state index is -0.794. The van der Waals surface area contributed by atoms with E-state index < -0.39 is 12.1 Å². The second-order valence-electron chi connectivity index (χ2n) is 12.7. The molecule has 1 unspecified atom stereocenters. The average molecular weight is 639 g/mol. The first kappa shape index (κ1) is 33.1. The maximum Gasteiger partial charge on any atom is 0.312 e. The predicted molar refractivity (Wildman–Crippen MR) is 178 cm³/mol. The Balaban J connectivity index is 1.40. The van der Waals surface area contributed by atoms with Gasteiger partial charge in [-0.1, -0.05) is 69.3 Å². The van der Waals surface area contributed by atoms with E-state index in [4.69, 9.17) is 15.2 Å². The van der Waals surface area contributed by atoms with Gasteiger partial charge in [-0.05, 0) is 45.9 Å². The van der Waals surface area contributed by atoms with Crippen LogP contribution in [0.3, 0.4) is 0 Å². The van der Waals surface area contributed by atoms with Gasteiger partial charge in [-0.3, -0.25) is 9.59 Å². The molecule has 246 valence electrons. The fourth-order valence-corrected chi connectivity index (χ4v) is 5.74. The fraction of sp³-hybridized carbons (Fsp3) is 0.333. The molecule has 0 bridgehead atoms. The van der Waals surface area contributed by atoms with Crippen molar-refractivity contribution in [3.05, 3.63) is 112 Å². The molecule has 1 aromatic heterocycles. The average Bonchev–Trinajstić information content (AvgIpc) is 3.46. The topological polar surface area (TPSA) is 141 Å². The maximum absolute atomic E-state index is 14.1. The summed E-state index contributed by atoms with van der Waals surface area (Å²) in [7, 11) is 3.05. The van der Waals surface area contributed by atoms with Crippen LogP contribution in [-0.2, 0) is 42.8 Å². The highest BCUT2D eigenvalue weighted by molar-refractivity contribution is 5.98. The Hall–Kier alpha value is -5.32. The number of ether oxygens (including phenoxy) is 2. The van der Waals surface area contributed by atoms with Gasteiger partial charge in [0.05, 0.1) is 38.5 Å². The number of nitrogens with zero attached hydrogens (tertiary/aromatic N) is 3. The fourth-order valence-electron chi connectivity index (χ4n) is 5.74. The number of urea groups is 1. The highest BCUT2D eigenvalue weighted by Gasteiger charge is 2.37. The van der Waals surface area contributed by atoms with Crippen molar-refractivity contribution < 1.29 is 23.9 Å². The van der Waals surface area contributed by atoms with Gasteiger partial charge in [0, 0.05) is 31.6 Å². The van der Waals surface area contributed by atoms with Crippen LogP contribution in [-0.4, -0.2) is 52.6 Å². The molecule has 1 aliphatic rings. The molecular weight excluding hydrogens is 596 g/mol. The molecule has 5 rings (SSSR count). The number of amides is 4. The maximum atomic E-state index is 14.1. The van der Waals surface area contributed by atoms with E-state index in [1.54, 1.807) is 29.4 Å². The first-order valence-electron chi connectivity index (χ1n) is 15.5. The van der Waals surface area contributed by atoms with Crippen molar-refractivity contribution in [1.29, 1.82) is 0 Å². The molecule has 11 nitrogen and oxygen atoms in total. The van der Waals surface area contributed by atoms with Crippen LogP contribution in [0.15, 0.2) is 73.1 Å². The number of nitrogens with one attached hydrogen (secondary N) is 2. The second kappa shape index (κ2) is 14.0. The Morgan fingerprint density at radius 1 is 0.894 bits per heavy atom. The van der Waals surface area contributed by atoms with Crippen LogP contribution >= 0.6 is 0 Å². The largest absolute Gasteiger partial charge is 0.493 e. The van der Waals surface area contributed by atoms with Gasteiger partial charge in [-0.15, -0.1) is 0 Å². The summed E-state index contributed by atoms with van der Waals surface area (Å²) in [6, 6.07) is 19.6. The molecule has 2 heterocycles. The highest BCUT2D eigenvalue weighted by Crippen LogP contribution is 2.31. The van der Waals surface area contributed by atoms with E-state index in [-0.39, 0.29) is 43.3 Å². The number of benzene rings is 3. The van der Waals surface area contributed by atoms with Gasteiger partial charge in [-0.2, -0.15) is 0 Å². The van der Waals surface area contributed by atoms with Crippen molar-refractivity contribution in [3.63, 3.8) is 0 Å². The Kier molecular flexibility index (Phi) is 9.83. The summed E-state index contributed by atoms with van der Waals surface area (Å²) in [5.74, 6) is 0.325. The third kappa shape index (κ3) is 7.74. The van der Waals surface area contributed by atoms with Gasteiger partial charge >= 0.3 is 6.03 Å². The van der Waals surface area contributed by atoms with E-state index in [1.807, 2.05) is 24.3 Å². The van der Waals surface area contributed by atoms with E-state index in [0.717, 1.165) is 28.1 Å². The summed E-state index contributed by atoms with van der Waals surface area (Å²) < 4.78 is 12.9. The number of carbonyl (C=O) groups is 3. The number of hydrogen-bond donors (Lipinski definition) is 3. The Morgan fingerprint density at radius 2 is 1.57 bits per heavy atom. The summed E-state index contributed by atoms with van der Waals surface area (Å²) >= 11 is 0. The summed E-state index contributed by atoms with van der Waals surface area (Å²) in [5, 5.41) is 5.58. The van der Waals surface area contributed by atoms with Crippen molar-refractivity contribution in [1.82, 2.24) is 25.1 Å². The van der Waals surface area contributed by atoms with Crippen LogP contribution in [0.4, 0.5) is 4.79 Å². The predicted octanol–water partition coefficient (Wildman–Crippen LogP) is 4.30. The number of primary amides is 1. The molecule has 4 amide bonds. The first-order valence-corrected chi connectivity index (χ1v) is 15.5. The monoisotopic (exact) mass is 638 g/mol. The van der Waals surface area contributed by atoms with E-state index in [0.29, 0.717) is 23.6 Å². The van der Waals surface area contributed by atoms with Gasteiger partial charge in [-0.25, -0.2) is 9.78 Å². The number of fused-ring (bicyclic) bond motifs is 1. The molecule has 3 aromatic carbocycles. The van der Waals surface area contributed by atoms with Crippen molar-refractivity contribution in [2.75, 3.05) is 14.2 Å². The van der Waals surface area contributed by atoms with Gasteiger partial charge in [0.1, 0.15) is 6.04 Å². The van der Waals surface area contributed by atoms with Crippen LogP contribution in [0.2, 0.25) is 0 Å². The molecule has 4 aromatic rings. The van der Waals surface area contributed by atoms with E-state index in [1.165, 1.54) is 19.8 Å². The molecule has 0 saturated carbocycles. The molecule has 47 heavy (non-hydrogen) atoms. The third-order valence-electron chi connectivity index (χ3n) is 8.41. The molecule has 4 N–H and O–H groups in total. The number of nitrogens with two attached hydrogens (primary N) is 1. The lowest BCUT2D eigenvalue weighted by molar-refractivity contribution is -0.126. The molecular formula is C36H42N6O5. The lowest BCUT2D eigenvalue weighted by Gasteiger charge is -2.35. The van der Waals surface area contributed by atoms with Crippen molar-refractivity contribution >= 4 is 17.8 Å². The summed E-state index contributed by atoms with van der Waals surface area (Å²) in [5.41, 5.74) is 11.4. The van der Waals surface area contributed by atoms with Gasteiger partial charge in [0.15, 0.2) is 11.5 Å². The van der Waals surface area contributed by atoms with Crippen molar-refractivity contribution in [3.8, 4) is 11.5 Å². The van der Waals surface area contributed by atoms with Crippen molar-refractivity contribution in [2.24, 2.45) is 5.73 Å². The van der Waals surface area contributed by atoms with Gasteiger partial charge < -0.3 is 35.3 Å². The Morgan fingerprint density at radius 3 is 2.21 bits per heavy atom. The minimum Gasteiger partial charge on any atom is -0.493 e. The highest BCUT2D eigenvalue weighted by atomic mass is 16.5. The number of imidazole rings is 1. The minimum absolute atomic E-state index is 0.0538. The smallest absolute Gasteiger partial charge is 0.312 e. The van der Waals surface area contributed by atoms with E-state index in [9.17, 15) is 14.4 Å². The summed E-state index contributed by atoms with van der Waals surface area (Å²) in [6.45, 7) is 7.87. The summed E-state index contributed by atoms with van der Waals surface area (Å²) in [6.07, 6.45) is 2.05. The van der Waals surface area contributed by atoms with Gasteiger partial charge in [0.25, 0.3) is 5.91 Å². The zero-order valence-electron chi connectivity index (χ0n) is 27.5. The van der Waals surface area contributed by atoms with Crippen LogP contribution in [0, 0.1) is 0 Å². The van der Waals surface area contributed by atoms with E-state index in [2.05, 4.69) is 65.2 Å². The molecule has 0 saturated heterocycles. The number of aromatic nitrogens is 2. The third-order valence-corrected chi connectivity index (χ3v) is 8.41. The Bertz CT molecular complexity index is 1760. The number of rotatable bonds is 10. The number of carbonyl (C=O) groups excluding carboxylic acids is 3. The molecule has 0 aliphatic carbocycles. The first-order chi connectivity index (χ1) is 22.5. The van der Waals surface area contributed by atoms with Crippen LogP contribution < -0.4 is 25.8 Å². The molecule has 1 aliphatic heterocycles. The Labute approximate surface area is 275 Å². The van der Waals surface area contributed by atoms with Crippen LogP contribution in [0.25, 0.3) is 0 Å². The molecule has 0 radical (unpaired) electrons. The second-order valence-corrected chi connectivity index (χ2v) is 12.7. The lowest BCUT2D eigenvalue weighted by Crippen LogP contribution is -2.52. The van der Waals surface area contributed by atoms with E-state index >= 15 is 0 Å². The van der Waals surface area contributed by atoms with Crippen molar-refractivity contribution in [2.45, 2.75) is 64.8 Å². The molecule has 11 heteroatoms. The van der Waals surface area contributed by atoms with Crippen LogP contribution in [0.5, 0.6) is 11.5 Å². The summed E-state index contributed by atoms with van der Waals surface area (Å²) in [4.78, 5) is 45.4. The standard InChI is InChI=1S/C36H42N6O5/c1-36(2,3)27-12-9-23(10-13-27)20-41-22-40-28-17-29(33(43)38-18-24-7-6-8-25(15-24)19-39-35(37)45)42(21-30(28)41)34(44)26-11-14-31(46-4)32(16-26)47-5/h6-16,22,29H,17-21H2,1-5H3,(H,38,43)(H3,37,39,45). The van der Waals surface area contributed by atoms with Gasteiger partial charge in [0.2, 0.25) is 5.91 Å². The lowest BCUT2D eigenvalue weighted by atomic mass is 9.87. The molecule has 1 atom stereocenters. The number of methoxy groups -OCH3 is 2. The quantitative estimate of drug-likeness (QED) is 0.237. The zero-order valence-corrected chi connectivity index (χ0v) is 27.5. The zero-order chi connectivity index (χ0) is 33.7. The number of hydrogen-bond acceptors (Lipinski definition) is 6. The van der Waals surface area contributed by atoms with Crippen LogP contribution in [0.1, 0.15) is 64.8 Å². The molecule has 0 fully saturated rings. The SMILES string of the molecule is COc1ccc(C(=O)N2Cc3c(ncn3Cc3ccc(C(C)(C)C)cc3)CC2C(=O)NCc2cccc(CNC(N)=O)c2)cc1OC.